The number of amides is 1. The molecular formula is C8H14N2O. The summed E-state index contributed by atoms with van der Waals surface area (Å²) in [6, 6.07) is 0.483. The van der Waals surface area contributed by atoms with Gasteiger partial charge in [-0.15, -0.1) is 0 Å². The third kappa shape index (κ3) is 0.948. The molecule has 62 valence electrons. The summed E-state index contributed by atoms with van der Waals surface area (Å²) in [6.07, 6.45) is 1.33. The second kappa shape index (κ2) is 2.21. The highest BCUT2D eigenvalue weighted by Gasteiger charge is 2.41. The zero-order valence-electron chi connectivity index (χ0n) is 7.00. The van der Waals surface area contributed by atoms with Crippen LogP contribution in [0.2, 0.25) is 0 Å². The Morgan fingerprint density at radius 1 is 1.55 bits per heavy atom. The van der Waals surface area contributed by atoms with E-state index in [0.717, 1.165) is 13.0 Å². The molecule has 0 saturated carbocycles. The highest BCUT2D eigenvalue weighted by molar-refractivity contribution is 5.81. The Morgan fingerprint density at radius 2 is 2.27 bits per heavy atom. The molecule has 0 spiro atoms. The molecule has 0 aromatic carbocycles. The van der Waals surface area contributed by atoms with E-state index in [1.54, 1.807) is 0 Å². The monoisotopic (exact) mass is 154 g/mol. The van der Waals surface area contributed by atoms with E-state index in [1.165, 1.54) is 0 Å². The molecule has 1 amide bonds. The maximum absolute atomic E-state index is 11.4. The van der Waals surface area contributed by atoms with E-state index < -0.39 is 0 Å². The molecule has 3 unspecified atom stereocenters. The molecular weight excluding hydrogens is 140 g/mol. The molecule has 0 radical (unpaired) electrons. The van der Waals surface area contributed by atoms with Crippen LogP contribution in [-0.2, 0) is 4.79 Å². The summed E-state index contributed by atoms with van der Waals surface area (Å²) < 4.78 is 0. The van der Waals surface area contributed by atoms with Gasteiger partial charge in [0.05, 0.1) is 6.17 Å². The molecule has 2 rings (SSSR count). The van der Waals surface area contributed by atoms with Crippen molar-refractivity contribution in [1.29, 1.82) is 0 Å². The summed E-state index contributed by atoms with van der Waals surface area (Å²) in [5.41, 5.74) is 0. The summed E-state index contributed by atoms with van der Waals surface area (Å²) in [6.45, 7) is 5.02. The van der Waals surface area contributed by atoms with Gasteiger partial charge in [0.1, 0.15) is 0 Å². The van der Waals surface area contributed by atoms with Crippen molar-refractivity contribution >= 4 is 5.91 Å². The SMILES string of the molecule is CC1CN2C(=O)C(C)CC2N1. The van der Waals surface area contributed by atoms with Gasteiger partial charge in [0.2, 0.25) is 5.91 Å². The molecule has 3 heteroatoms. The van der Waals surface area contributed by atoms with Gasteiger partial charge in [-0.1, -0.05) is 6.92 Å². The maximum atomic E-state index is 11.4. The van der Waals surface area contributed by atoms with Gasteiger partial charge in [-0.25, -0.2) is 0 Å². The van der Waals surface area contributed by atoms with Crippen LogP contribution in [0.3, 0.4) is 0 Å². The Bertz CT molecular complexity index is 193. The Morgan fingerprint density at radius 3 is 2.91 bits per heavy atom. The molecule has 0 aromatic heterocycles. The number of nitrogens with zero attached hydrogens (tertiary/aromatic N) is 1. The predicted molar refractivity (Wildman–Crippen MR) is 41.9 cm³/mol. The minimum Gasteiger partial charge on any atom is -0.325 e. The Balaban J connectivity index is 2.13. The van der Waals surface area contributed by atoms with Crippen molar-refractivity contribution in [2.24, 2.45) is 5.92 Å². The molecule has 2 fully saturated rings. The second-order valence-electron chi connectivity index (χ2n) is 3.71. The van der Waals surface area contributed by atoms with E-state index in [-0.39, 0.29) is 5.92 Å². The molecule has 0 bridgehead atoms. The van der Waals surface area contributed by atoms with Gasteiger partial charge in [-0.05, 0) is 13.3 Å². The Kier molecular flexibility index (Phi) is 1.42. The van der Waals surface area contributed by atoms with Crippen LogP contribution in [0.1, 0.15) is 20.3 Å². The molecule has 0 aromatic rings. The van der Waals surface area contributed by atoms with Crippen molar-refractivity contribution in [1.82, 2.24) is 10.2 Å². The third-order valence-electron chi connectivity index (χ3n) is 2.61. The summed E-state index contributed by atoms with van der Waals surface area (Å²) >= 11 is 0. The van der Waals surface area contributed by atoms with Gasteiger partial charge in [0.15, 0.2) is 0 Å². The van der Waals surface area contributed by atoms with Crippen LogP contribution in [-0.4, -0.2) is 29.6 Å². The standard InChI is InChI=1S/C8H14N2O/c1-5-3-7-9-6(2)4-10(7)8(5)11/h5-7,9H,3-4H2,1-2H3. The van der Waals surface area contributed by atoms with Gasteiger partial charge < -0.3 is 4.90 Å². The average Bonchev–Trinajstić information content (AvgIpc) is 2.37. The lowest BCUT2D eigenvalue weighted by Crippen LogP contribution is -2.32. The molecule has 3 nitrogen and oxygen atoms in total. The van der Waals surface area contributed by atoms with Crippen LogP contribution in [0.25, 0.3) is 0 Å². The van der Waals surface area contributed by atoms with Crippen molar-refractivity contribution in [2.45, 2.75) is 32.5 Å². The number of nitrogens with one attached hydrogen (secondary N) is 1. The predicted octanol–water partition coefficient (Wildman–Crippen LogP) is 0.173. The zero-order valence-corrected chi connectivity index (χ0v) is 7.00. The molecule has 11 heavy (non-hydrogen) atoms. The smallest absolute Gasteiger partial charge is 0.226 e. The molecule has 2 saturated heterocycles. The minimum atomic E-state index is 0.236. The fourth-order valence-electron chi connectivity index (χ4n) is 2.05. The van der Waals surface area contributed by atoms with Crippen molar-refractivity contribution in [2.75, 3.05) is 6.54 Å². The summed E-state index contributed by atoms with van der Waals surface area (Å²) in [4.78, 5) is 13.4. The largest absolute Gasteiger partial charge is 0.325 e. The summed E-state index contributed by atoms with van der Waals surface area (Å²) in [7, 11) is 0. The van der Waals surface area contributed by atoms with Crippen molar-refractivity contribution in [3.05, 3.63) is 0 Å². The number of carbonyl (C=O) groups excluding carboxylic acids is 1. The van der Waals surface area contributed by atoms with Crippen LogP contribution in [0.4, 0.5) is 0 Å². The highest BCUT2D eigenvalue weighted by atomic mass is 16.2. The van der Waals surface area contributed by atoms with Crippen LogP contribution < -0.4 is 5.32 Å². The van der Waals surface area contributed by atoms with E-state index in [0.29, 0.717) is 18.1 Å². The van der Waals surface area contributed by atoms with Gasteiger partial charge in [0.25, 0.3) is 0 Å². The van der Waals surface area contributed by atoms with E-state index in [9.17, 15) is 4.79 Å². The van der Waals surface area contributed by atoms with E-state index in [4.69, 9.17) is 0 Å². The number of hydrogen-bond donors (Lipinski definition) is 1. The van der Waals surface area contributed by atoms with Gasteiger partial charge in [-0.3, -0.25) is 10.1 Å². The Labute approximate surface area is 66.8 Å². The molecule has 2 aliphatic rings. The van der Waals surface area contributed by atoms with E-state index in [1.807, 2.05) is 11.8 Å². The number of carbonyl (C=O) groups is 1. The molecule has 2 heterocycles. The fraction of sp³-hybridized carbons (Fsp3) is 0.875. The number of rotatable bonds is 0. The summed E-state index contributed by atoms with van der Waals surface area (Å²) in [5.74, 6) is 0.562. The van der Waals surface area contributed by atoms with Gasteiger partial charge in [0, 0.05) is 18.5 Å². The van der Waals surface area contributed by atoms with Crippen molar-refractivity contribution in [3.8, 4) is 0 Å². The van der Waals surface area contributed by atoms with Crippen LogP contribution in [0.5, 0.6) is 0 Å². The molecule has 2 aliphatic heterocycles. The summed E-state index contributed by atoms with van der Waals surface area (Å²) in [5, 5.41) is 3.38. The van der Waals surface area contributed by atoms with Gasteiger partial charge >= 0.3 is 0 Å². The van der Waals surface area contributed by atoms with Crippen LogP contribution >= 0.6 is 0 Å². The fourth-order valence-corrected chi connectivity index (χ4v) is 2.05. The lowest BCUT2D eigenvalue weighted by atomic mass is 10.1. The van der Waals surface area contributed by atoms with Crippen molar-refractivity contribution < 1.29 is 4.79 Å². The zero-order chi connectivity index (χ0) is 8.01. The lowest BCUT2D eigenvalue weighted by molar-refractivity contribution is -0.130. The highest BCUT2D eigenvalue weighted by Crippen LogP contribution is 2.26. The topological polar surface area (TPSA) is 32.3 Å². The lowest BCUT2D eigenvalue weighted by Gasteiger charge is -2.12. The van der Waals surface area contributed by atoms with Gasteiger partial charge in [-0.2, -0.15) is 0 Å². The Hall–Kier alpha value is -0.570. The average molecular weight is 154 g/mol. The molecule has 3 atom stereocenters. The second-order valence-corrected chi connectivity index (χ2v) is 3.71. The number of hydrogen-bond acceptors (Lipinski definition) is 2. The van der Waals surface area contributed by atoms with Crippen molar-refractivity contribution in [3.63, 3.8) is 0 Å². The first-order valence-electron chi connectivity index (χ1n) is 4.25. The normalized spacial score (nSPS) is 43.3. The first kappa shape index (κ1) is 7.10. The molecule has 1 N–H and O–H groups in total. The van der Waals surface area contributed by atoms with E-state index >= 15 is 0 Å². The first-order valence-corrected chi connectivity index (χ1v) is 4.25. The van der Waals surface area contributed by atoms with Crippen LogP contribution in [0.15, 0.2) is 0 Å². The van der Waals surface area contributed by atoms with E-state index in [2.05, 4.69) is 12.2 Å². The van der Waals surface area contributed by atoms with Crippen LogP contribution in [0, 0.1) is 5.92 Å². The maximum Gasteiger partial charge on any atom is 0.226 e. The quantitative estimate of drug-likeness (QED) is 0.539. The third-order valence-corrected chi connectivity index (χ3v) is 2.61. The number of fused-ring (bicyclic) bond motifs is 1. The molecule has 0 aliphatic carbocycles. The minimum absolute atomic E-state index is 0.236. The first-order chi connectivity index (χ1) is 5.18.